The number of rotatable bonds is 11. The lowest BCUT2D eigenvalue weighted by Crippen LogP contribution is -2.55. The number of methoxy groups -OCH3 is 3. The molecular formula is C23H31N3O10. The van der Waals surface area contributed by atoms with Crippen LogP contribution < -0.4 is 9.47 Å². The third-order valence-electron chi connectivity index (χ3n) is 5.53. The van der Waals surface area contributed by atoms with Crippen LogP contribution >= 0.6 is 0 Å². The number of nitrogens with zero attached hydrogens (tertiary/aromatic N) is 3. The van der Waals surface area contributed by atoms with E-state index in [9.17, 15) is 19.9 Å². The van der Waals surface area contributed by atoms with E-state index in [1.807, 2.05) is 0 Å². The second kappa shape index (κ2) is 13.0. The van der Waals surface area contributed by atoms with E-state index in [0.717, 1.165) is 0 Å². The van der Waals surface area contributed by atoms with Crippen LogP contribution in [-0.4, -0.2) is 70.2 Å². The van der Waals surface area contributed by atoms with Crippen molar-refractivity contribution in [3.63, 3.8) is 0 Å². The lowest BCUT2D eigenvalue weighted by molar-refractivity contribution is -0.304. The molecule has 0 N–H and O–H groups in total. The van der Waals surface area contributed by atoms with Gasteiger partial charge in [-0.2, -0.15) is 0 Å². The fourth-order valence-electron chi connectivity index (χ4n) is 4.07. The van der Waals surface area contributed by atoms with Crippen LogP contribution in [0.3, 0.4) is 0 Å². The van der Waals surface area contributed by atoms with Crippen molar-refractivity contribution in [3.05, 3.63) is 34.2 Å². The zero-order valence-corrected chi connectivity index (χ0v) is 21.1. The van der Waals surface area contributed by atoms with Crippen molar-refractivity contribution >= 4 is 17.9 Å². The van der Waals surface area contributed by atoms with Crippen LogP contribution in [0, 0.1) is 0 Å². The number of ether oxygens (including phenoxy) is 7. The summed E-state index contributed by atoms with van der Waals surface area (Å²) in [5.41, 5.74) is 9.73. The highest BCUT2D eigenvalue weighted by atomic mass is 16.7. The highest BCUT2D eigenvalue weighted by Crippen LogP contribution is 2.44. The Kier molecular flexibility index (Phi) is 10.3. The maximum absolute atomic E-state index is 11.9. The van der Waals surface area contributed by atoms with Gasteiger partial charge in [-0.25, -0.2) is 0 Å². The summed E-state index contributed by atoms with van der Waals surface area (Å²) < 4.78 is 38.8. The number of benzene rings is 1. The maximum Gasteiger partial charge on any atom is 0.303 e. The Morgan fingerprint density at radius 2 is 1.81 bits per heavy atom. The van der Waals surface area contributed by atoms with Crippen molar-refractivity contribution in [2.24, 2.45) is 5.11 Å². The average molecular weight is 510 g/mol. The van der Waals surface area contributed by atoms with Crippen LogP contribution in [0.15, 0.2) is 23.3 Å². The Hall–Kier alpha value is -3.54. The predicted molar refractivity (Wildman–Crippen MR) is 123 cm³/mol. The van der Waals surface area contributed by atoms with E-state index < -0.39 is 48.0 Å². The van der Waals surface area contributed by atoms with Gasteiger partial charge in [-0.15, -0.1) is 0 Å². The standard InChI is InChI=1S/C23H31N3O10/c1-13(27)33-12-17(34-14(2)28)10-20-22(25-26-24)21(35-15(3)29)11-23(32-6,36-20)16-7-8-18(30-4)19(9-16)31-5/h7-9,17,20-22H,10-12H2,1-6H3/t17-,20-,21-,22-,23-/m0/s1. The zero-order chi connectivity index (χ0) is 26.9. The maximum atomic E-state index is 11.9. The van der Waals surface area contributed by atoms with E-state index in [0.29, 0.717) is 17.1 Å². The van der Waals surface area contributed by atoms with Gasteiger partial charge in [0.25, 0.3) is 0 Å². The molecule has 1 aromatic carbocycles. The molecule has 13 heteroatoms. The van der Waals surface area contributed by atoms with Crippen LogP contribution in [-0.2, 0) is 43.9 Å². The van der Waals surface area contributed by atoms with Gasteiger partial charge in [-0.3, -0.25) is 14.4 Å². The molecular weight excluding hydrogens is 478 g/mol. The van der Waals surface area contributed by atoms with Crippen LogP contribution in [0.4, 0.5) is 0 Å². The summed E-state index contributed by atoms with van der Waals surface area (Å²) in [5, 5.41) is 3.81. The summed E-state index contributed by atoms with van der Waals surface area (Å²) in [5.74, 6) is -2.39. The Bertz CT molecular complexity index is 996. The molecule has 0 saturated carbocycles. The number of esters is 3. The first-order valence-corrected chi connectivity index (χ1v) is 11.1. The van der Waals surface area contributed by atoms with E-state index in [-0.39, 0.29) is 19.4 Å². The molecule has 1 fully saturated rings. The molecule has 13 nitrogen and oxygen atoms in total. The largest absolute Gasteiger partial charge is 0.493 e. The van der Waals surface area contributed by atoms with Crippen molar-refractivity contribution in [2.45, 2.75) is 63.8 Å². The van der Waals surface area contributed by atoms with E-state index in [4.69, 9.17) is 33.2 Å². The molecule has 36 heavy (non-hydrogen) atoms. The summed E-state index contributed by atoms with van der Waals surface area (Å²) in [6.45, 7) is 3.39. The minimum absolute atomic E-state index is 0.0269. The van der Waals surface area contributed by atoms with Crippen LogP contribution in [0.1, 0.15) is 39.2 Å². The number of carbonyl (C=O) groups excluding carboxylic acids is 3. The first-order chi connectivity index (χ1) is 17.1. The molecule has 198 valence electrons. The second-order valence-corrected chi connectivity index (χ2v) is 8.00. The molecule has 1 saturated heterocycles. The first kappa shape index (κ1) is 28.7. The van der Waals surface area contributed by atoms with E-state index in [2.05, 4.69) is 10.0 Å². The van der Waals surface area contributed by atoms with Gasteiger partial charge in [-0.05, 0) is 23.7 Å². The van der Waals surface area contributed by atoms with Gasteiger partial charge in [0.2, 0.25) is 0 Å². The summed E-state index contributed by atoms with van der Waals surface area (Å²) in [6, 6.07) is 4.01. The van der Waals surface area contributed by atoms with Crippen LogP contribution in [0.2, 0.25) is 0 Å². The monoisotopic (exact) mass is 509 g/mol. The summed E-state index contributed by atoms with van der Waals surface area (Å²) >= 11 is 0. The van der Waals surface area contributed by atoms with Gasteiger partial charge in [0.15, 0.2) is 17.3 Å². The molecule has 0 aliphatic carbocycles. The molecule has 1 aromatic rings. The van der Waals surface area contributed by atoms with E-state index in [1.165, 1.54) is 42.1 Å². The van der Waals surface area contributed by atoms with E-state index >= 15 is 0 Å². The zero-order valence-electron chi connectivity index (χ0n) is 21.1. The quantitative estimate of drug-likeness (QED) is 0.142. The van der Waals surface area contributed by atoms with Crippen molar-refractivity contribution in [1.82, 2.24) is 0 Å². The average Bonchev–Trinajstić information content (AvgIpc) is 2.83. The van der Waals surface area contributed by atoms with E-state index in [1.54, 1.807) is 18.2 Å². The number of azide groups is 1. The molecule has 0 unspecified atom stereocenters. The second-order valence-electron chi connectivity index (χ2n) is 8.00. The van der Waals surface area contributed by atoms with Gasteiger partial charge in [0.05, 0.1) is 20.3 Å². The highest BCUT2D eigenvalue weighted by molar-refractivity contribution is 5.67. The molecule has 5 atom stereocenters. The van der Waals surface area contributed by atoms with Crippen molar-refractivity contribution < 1.29 is 47.5 Å². The number of carbonyl (C=O) groups is 3. The Morgan fingerprint density at radius 1 is 1.11 bits per heavy atom. The lowest BCUT2D eigenvalue weighted by Gasteiger charge is -2.46. The molecule has 0 radical (unpaired) electrons. The van der Waals surface area contributed by atoms with Gasteiger partial charge >= 0.3 is 17.9 Å². The minimum Gasteiger partial charge on any atom is -0.493 e. The van der Waals surface area contributed by atoms with Crippen molar-refractivity contribution in [2.75, 3.05) is 27.9 Å². The fourth-order valence-corrected chi connectivity index (χ4v) is 4.07. The van der Waals surface area contributed by atoms with Gasteiger partial charge in [0.1, 0.15) is 24.9 Å². The molecule has 0 bridgehead atoms. The third-order valence-corrected chi connectivity index (χ3v) is 5.53. The minimum atomic E-state index is -1.48. The third kappa shape index (κ3) is 7.23. The topological polar surface area (TPSA) is 165 Å². The first-order valence-electron chi connectivity index (χ1n) is 11.1. The molecule has 0 aromatic heterocycles. The Labute approximate surface area is 208 Å². The Morgan fingerprint density at radius 3 is 2.33 bits per heavy atom. The molecule has 2 rings (SSSR count). The van der Waals surface area contributed by atoms with Gasteiger partial charge < -0.3 is 33.2 Å². The number of hydrogen-bond donors (Lipinski definition) is 0. The molecule has 1 aliphatic rings. The SMILES string of the molecule is COc1ccc([C@]2(OC)C[C@H](OC(C)=O)[C@@H](N=[N+]=[N-])[C@H](C[C@@H](COC(C)=O)OC(C)=O)O2)cc1OC. The molecule has 1 heterocycles. The smallest absolute Gasteiger partial charge is 0.303 e. The van der Waals surface area contributed by atoms with Gasteiger partial charge in [-0.1, -0.05) is 5.11 Å². The van der Waals surface area contributed by atoms with Gasteiger partial charge in [0, 0.05) is 51.2 Å². The fraction of sp³-hybridized carbons (Fsp3) is 0.609. The molecule has 1 aliphatic heterocycles. The van der Waals surface area contributed by atoms with Crippen molar-refractivity contribution in [3.8, 4) is 11.5 Å². The predicted octanol–water partition coefficient (Wildman–Crippen LogP) is 2.79. The normalized spacial score (nSPS) is 24.0. The lowest BCUT2D eigenvalue weighted by atomic mass is 9.87. The summed E-state index contributed by atoms with van der Waals surface area (Å²) in [4.78, 5) is 37.9. The summed E-state index contributed by atoms with van der Waals surface area (Å²) in [6.07, 6.45) is -2.97. The molecule has 0 spiro atoms. The Balaban J connectivity index is 2.56. The summed E-state index contributed by atoms with van der Waals surface area (Å²) in [7, 11) is 4.38. The van der Waals surface area contributed by atoms with Crippen LogP contribution in [0.5, 0.6) is 11.5 Å². The number of hydrogen-bond acceptors (Lipinski definition) is 11. The highest BCUT2D eigenvalue weighted by Gasteiger charge is 2.51. The van der Waals surface area contributed by atoms with Crippen LogP contribution in [0.25, 0.3) is 10.4 Å². The molecule has 0 amide bonds. The van der Waals surface area contributed by atoms with Crippen molar-refractivity contribution in [1.29, 1.82) is 0 Å².